The molecular weight excluding hydrogens is 208 g/mol. The summed E-state index contributed by atoms with van der Waals surface area (Å²) in [6.45, 7) is 7.52. The Bertz CT molecular complexity index is 136. The van der Waals surface area contributed by atoms with Crippen LogP contribution in [0.2, 0.25) is 0 Å². The Labute approximate surface area is 76.4 Å². The van der Waals surface area contributed by atoms with Gasteiger partial charge < -0.3 is 4.74 Å². The van der Waals surface area contributed by atoms with E-state index < -0.39 is 0 Å². The number of rotatable bonds is 2. The van der Waals surface area contributed by atoms with Gasteiger partial charge in [-0.1, -0.05) is 22.9 Å². The molecule has 2 nitrogen and oxygen atoms in total. The van der Waals surface area contributed by atoms with Gasteiger partial charge >= 0.3 is 5.97 Å². The van der Waals surface area contributed by atoms with Crippen molar-refractivity contribution < 1.29 is 9.53 Å². The molecule has 11 heavy (non-hydrogen) atoms. The van der Waals surface area contributed by atoms with Crippen LogP contribution in [0.15, 0.2) is 0 Å². The molecule has 0 aliphatic heterocycles. The number of halogens is 1. The van der Waals surface area contributed by atoms with Crippen LogP contribution in [0.3, 0.4) is 0 Å². The molecule has 0 aromatic heterocycles. The molecule has 0 amide bonds. The van der Waals surface area contributed by atoms with Crippen molar-refractivity contribution in [1.29, 1.82) is 0 Å². The minimum Gasteiger partial charge on any atom is -0.460 e. The number of carbonyl (C=O) groups excluding carboxylic acids is 1. The van der Waals surface area contributed by atoms with Gasteiger partial charge in [-0.15, -0.1) is 0 Å². The van der Waals surface area contributed by atoms with Gasteiger partial charge in [-0.2, -0.15) is 0 Å². The molecule has 0 saturated heterocycles. The van der Waals surface area contributed by atoms with Gasteiger partial charge in [0.15, 0.2) is 0 Å². The third-order valence-corrected chi connectivity index (χ3v) is 1.19. The summed E-state index contributed by atoms with van der Waals surface area (Å²) in [7, 11) is 0. The molecule has 0 saturated carbocycles. The van der Waals surface area contributed by atoms with E-state index in [9.17, 15) is 4.79 Å². The minimum absolute atomic E-state index is 0.151. The number of ether oxygens (including phenoxy) is 1. The molecule has 0 aromatic rings. The van der Waals surface area contributed by atoms with E-state index in [4.69, 9.17) is 4.74 Å². The maximum atomic E-state index is 11.0. The third kappa shape index (κ3) is 7.85. The highest BCUT2D eigenvalue weighted by Crippen LogP contribution is 2.11. The van der Waals surface area contributed by atoms with E-state index in [1.54, 1.807) is 0 Å². The predicted molar refractivity (Wildman–Crippen MR) is 48.9 cm³/mol. The van der Waals surface area contributed by atoms with Crippen molar-refractivity contribution in [3.05, 3.63) is 0 Å². The lowest BCUT2D eigenvalue weighted by atomic mass is 10.2. The average Bonchev–Trinajstić information content (AvgIpc) is 1.53. The topological polar surface area (TPSA) is 26.3 Å². The quantitative estimate of drug-likeness (QED) is 0.531. The van der Waals surface area contributed by atoms with Crippen LogP contribution in [0.25, 0.3) is 0 Å². The molecule has 0 rings (SSSR count). The molecule has 1 unspecified atom stereocenters. The van der Waals surface area contributed by atoms with Gasteiger partial charge in [0.1, 0.15) is 5.60 Å². The first-order valence-electron chi connectivity index (χ1n) is 3.67. The van der Waals surface area contributed by atoms with Crippen molar-refractivity contribution in [2.45, 2.75) is 44.5 Å². The molecule has 0 spiro atoms. The molecule has 0 aliphatic carbocycles. The minimum atomic E-state index is -0.362. The lowest BCUT2D eigenvalue weighted by Crippen LogP contribution is -2.24. The molecule has 0 fully saturated rings. The summed E-state index contributed by atoms with van der Waals surface area (Å²) in [5.74, 6) is -0.151. The number of carbonyl (C=O) groups is 1. The van der Waals surface area contributed by atoms with E-state index in [-0.39, 0.29) is 16.4 Å². The summed E-state index contributed by atoms with van der Waals surface area (Å²) in [6, 6.07) is 0. The van der Waals surface area contributed by atoms with Crippen molar-refractivity contribution in [3.8, 4) is 0 Å². The molecular formula is C8H15BrO2. The smallest absolute Gasteiger partial charge is 0.307 e. The van der Waals surface area contributed by atoms with Crippen LogP contribution in [0.1, 0.15) is 34.1 Å². The Hall–Kier alpha value is -0.0500. The molecule has 0 bridgehead atoms. The molecule has 3 heteroatoms. The predicted octanol–water partition coefficient (Wildman–Crippen LogP) is 2.50. The van der Waals surface area contributed by atoms with Gasteiger partial charge in [0, 0.05) is 4.83 Å². The number of hydrogen-bond acceptors (Lipinski definition) is 2. The highest BCUT2D eigenvalue weighted by atomic mass is 79.9. The summed E-state index contributed by atoms with van der Waals surface area (Å²) in [6.07, 6.45) is 0.428. The summed E-state index contributed by atoms with van der Waals surface area (Å²) >= 11 is 3.28. The summed E-state index contributed by atoms with van der Waals surface area (Å²) < 4.78 is 5.08. The average molecular weight is 223 g/mol. The largest absolute Gasteiger partial charge is 0.460 e. The van der Waals surface area contributed by atoms with Crippen molar-refractivity contribution in [2.24, 2.45) is 0 Å². The van der Waals surface area contributed by atoms with Crippen LogP contribution in [-0.4, -0.2) is 16.4 Å². The number of hydrogen-bond donors (Lipinski definition) is 0. The van der Waals surface area contributed by atoms with Gasteiger partial charge in [0.25, 0.3) is 0 Å². The van der Waals surface area contributed by atoms with Gasteiger partial charge in [-0.05, 0) is 20.8 Å². The van der Waals surface area contributed by atoms with E-state index in [0.717, 1.165) is 0 Å². The standard InChI is InChI=1S/C8H15BrO2/c1-6(9)5-7(10)11-8(2,3)4/h6H,5H2,1-4H3. The van der Waals surface area contributed by atoms with E-state index in [1.165, 1.54) is 0 Å². The van der Waals surface area contributed by atoms with E-state index >= 15 is 0 Å². The van der Waals surface area contributed by atoms with Gasteiger partial charge in [0.05, 0.1) is 6.42 Å². The molecule has 0 N–H and O–H groups in total. The molecule has 66 valence electrons. The lowest BCUT2D eigenvalue weighted by molar-refractivity contribution is -0.154. The fourth-order valence-electron chi connectivity index (χ4n) is 0.613. The van der Waals surface area contributed by atoms with Crippen LogP contribution in [-0.2, 0) is 9.53 Å². The lowest BCUT2D eigenvalue weighted by Gasteiger charge is -2.19. The first-order chi connectivity index (χ1) is 4.81. The van der Waals surface area contributed by atoms with E-state index in [1.807, 2.05) is 27.7 Å². The highest BCUT2D eigenvalue weighted by Gasteiger charge is 2.16. The van der Waals surface area contributed by atoms with Crippen molar-refractivity contribution in [1.82, 2.24) is 0 Å². The summed E-state index contributed by atoms with van der Waals surface area (Å²) in [5, 5.41) is 0. The fraction of sp³-hybridized carbons (Fsp3) is 0.875. The third-order valence-electron chi connectivity index (χ3n) is 0.868. The van der Waals surface area contributed by atoms with E-state index in [2.05, 4.69) is 15.9 Å². The van der Waals surface area contributed by atoms with Crippen LogP contribution in [0, 0.1) is 0 Å². The molecule has 0 radical (unpaired) electrons. The Balaban J connectivity index is 3.71. The van der Waals surface area contributed by atoms with Gasteiger partial charge in [0.2, 0.25) is 0 Å². The molecule has 0 heterocycles. The SMILES string of the molecule is CC(Br)CC(=O)OC(C)(C)C. The monoisotopic (exact) mass is 222 g/mol. The van der Waals surface area contributed by atoms with Crippen LogP contribution >= 0.6 is 15.9 Å². The van der Waals surface area contributed by atoms with Crippen LogP contribution in [0.5, 0.6) is 0 Å². The summed E-state index contributed by atoms with van der Waals surface area (Å²) in [5.41, 5.74) is -0.362. The van der Waals surface area contributed by atoms with Gasteiger partial charge in [-0.25, -0.2) is 0 Å². The second kappa shape index (κ2) is 4.10. The number of esters is 1. The highest BCUT2D eigenvalue weighted by molar-refractivity contribution is 9.09. The van der Waals surface area contributed by atoms with Crippen LogP contribution < -0.4 is 0 Å². The summed E-state index contributed by atoms with van der Waals surface area (Å²) in [4.78, 5) is 11.2. The zero-order chi connectivity index (χ0) is 9.07. The Morgan fingerprint density at radius 2 is 2.00 bits per heavy atom. The first kappa shape index (κ1) is 11.0. The van der Waals surface area contributed by atoms with Crippen molar-refractivity contribution in [2.75, 3.05) is 0 Å². The second-order valence-electron chi connectivity index (χ2n) is 3.57. The van der Waals surface area contributed by atoms with E-state index in [0.29, 0.717) is 6.42 Å². The second-order valence-corrected chi connectivity index (χ2v) is 5.13. The van der Waals surface area contributed by atoms with Gasteiger partial charge in [-0.3, -0.25) is 4.79 Å². The molecule has 0 aliphatic rings. The zero-order valence-corrected chi connectivity index (χ0v) is 9.06. The maximum Gasteiger partial charge on any atom is 0.307 e. The van der Waals surface area contributed by atoms with Crippen molar-refractivity contribution in [3.63, 3.8) is 0 Å². The number of alkyl halides is 1. The Kier molecular flexibility index (Phi) is 4.08. The molecule has 1 atom stereocenters. The molecule has 0 aromatic carbocycles. The zero-order valence-electron chi connectivity index (χ0n) is 7.48. The van der Waals surface area contributed by atoms with Crippen molar-refractivity contribution >= 4 is 21.9 Å². The Morgan fingerprint density at radius 3 is 2.27 bits per heavy atom. The fourth-order valence-corrected chi connectivity index (χ4v) is 0.877. The normalized spacial score (nSPS) is 14.3. The van der Waals surface area contributed by atoms with Crippen LogP contribution in [0.4, 0.5) is 0 Å². The Morgan fingerprint density at radius 1 is 1.55 bits per heavy atom. The maximum absolute atomic E-state index is 11.0. The first-order valence-corrected chi connectivity index (χ1v) is 4.59.